The maximum Gasteiger partial charge on any atom is 0.246 e. The van der Waals surface area contributed by atoms with Crippen molar-refractivity contribution in [1.29, 1.82) is 0 Å². The largest absolute Gasteiger partial charge is 0.345 e. The number of para-hydroxylation sites is 1. The average molecular weight is 443 g/mol. The van der Waals surface area contributed by atoms with E-state index in [4.69, 9.17) is 4.52 Å². The predicted molar refractivity (Wildman–Crippen MR) is 119 cm³/mol. The van der Waals surface area contributed by atoms with Gasteiger partial charge in [0.2, 0.25) is 27.6 Å². The first kappa shape index (κ1) is 22.5. The van der Waals surface area contributed by atoms with Crippen molar-refractivity contribution < 1.29 is 17.7 Å². The van der Waals surface area contributed by atoms with Crippen molar-refractivity contribution in [3.8, 4) is 11.4 Å². The summed E-state index contributed by atoms with van der Waals surface area (Å²) in [6, 6.07) is 14.8. The first-order valence-corrected chi connectivity index (χ1v) is 11.7. The summed E-state index contributed by atoms with van der Waals surface area (Å²) in [6.45, 7) is 5.57. The first-order valence-electron chi connectivity index (χ1n) is 9.88. The van der Waals surface area contributed by atoms with Crippen LogP contribution in [0.25, 0.3) is 11.4 Å². The standard InChI is InChI=1S/C22H26N4O4S/c1-15(2)18-10-5-6-11-19(18)26(31(4,28)29)14-20(27)23-13-21-24-22(25-30-21)17-9-7-8-16(3)12-17/h5-12,15H,13-14H2,1-4H3,(H,23,27). The number of carbonyl (C=O) groups is 1. The minimum Gasteiger partial charge on any atom is -0.345 e. The van der Waals surface area contributed by atoms with Gasteiger partial charge in [-0.3, -0.25) is 9.10 Å². The quantitative estimate of drug-likeness (QED) is 0.574. The molecular weight excluding hydrogens is 416 g/mol. The van der Waals surface area contributed by atoms with E-state index in [2.05, 4.69) is 15.5 Å². The van der Waals surface area contributed by atoms with E-state index in [1.807, 2.05) is 57.2 Å². The Morgan fingerprint density at radius 2 is 1.90 bits per heavy atom. The Bertz CT molecular complexity index is 1170. The molecule has 0 unspecified atom stereocenters. The molecule has 31 heavy (non-hydrogen) atoms. The molecule has 0 spiro atoms. The molecule has 1 aromatic heterocycles. The number of nitrogens with zero attached hydrogens (tertiary/aromatic N) is 3. The number of anilines is 1. The summed E-state index contributed by atoms with van der Waals surface area (Å²) in [6.07, 6.45) is 1.09. The topological polar surface area (TPSA) is 105 Å². The van der Waals surface area contributed by atoms with Gasteiger partial charge in [-0.25, -0.2) is 8.42 Å². The van der Waals surface area contributed by atoms with E-state index >= 15 is 0 Å². The molecule has 0 saturated heterocycles. The minimum atomic E-state index is -3.67. The van der Waals surface area contributed by atoms with E-state index in [0.717, 1.165) is 27.3 Å². The Labute approximate surface area is 182 Å². The number of sulfonamides is 1. The van der Waals surface area contributed by atoms with Crippen LogP contribution in [-0.4, -0.2) is 37.3 Å². The molecule has 3 rings (SSSR count). The third-order valence-electron chi connectivity index (χ3n) is 4.70. The van der Waals surface area contributed by atoms with Gasteiger partial charge in [-0.05, 0) is 30.5 Å². The number of aromatic nitrogens is 2. The molecule has 0 fully saturated rings. The average Bonchev–Trinajstić information content (AvgIpc) is 3.19. The van der Waals surface area contributed by atoms with Crippen LogP contribution < -0.4 is 9.62 Å². The number of amides is 1. The lowest BCUT2D eigenvalue weighted by atomic mass is 10.0. The second-order valence-corrected chi connectivity index (χ2v) is 9.55. The Balaban J connectivity index is 1.70. The Morgan fingerprint density at radius 3 is 2.58 bits per heavy atom. The van der Waals surface area contributed by atoms with Crippen LogP contribution in [0, 0.1) is 6.92 Å². The molecule has 1 N–H and O–H groups in total. The molecule has 164 valence electrons. The van der Waals surface area contributed by atoms with Crippen LogP contribution >= 0.6 is 0 Å². The van der Waals surface area contributed by atoms with Gasteiger partial charge in [-0.15, -0.1) is 0 Å². The number of carbonyl (C=O) groups excluding carboxylic acids is 1. The smallest absolute Gasteiger partial charge is 0.246 e. The van der Waals surface area contributed by atoms with Crippen molar-refractivity contribution in [2.24, 2.45) is 0 Å². The van der Waals surface area contributed by atoms with Crippen molar-refractivity contribution in [3.63, 3.8) is 0 Å². The summed E-state index contributed by atoms with van der Waals surface area (Å²) in [7, 11) is -3.67. The molecule has 0 bridgehead atoms. The van der Waals surface area contributed by atoms with Crippen LogP contribution in [0.2, 0.25) is 0 Å². The normalized spacial score (nSPS) is 11.5. The molecule has 0 aliphatic carbocycles. The lowest BCUT2D eigenvalue weighted by molar-refractivity contribution is -0.119. The van der Waals surface area contributed by atoms with Crippen LogP contribution in [0.5, 0.6) is 0 Å². The van der Waals surface area contributed by atoms with Gasteiger partial charge in [0.25, 0.3) is 0 Å². The summed E-state index contributed by atoms with van der Waals surface area (Å²) < 4.78 is 31.1. The van der Waals surface area contributed by atoms with E-state index in [1.54, 1.807) is 12.1 Å². The highest BCUT2D eigenvalue weighted by Gasteiger charge is 2.24. The fourth-order valence-electron chi connectivity index (χ4n) is 3.17. The third kappa shape index (κ3) is 5.69. The fourth-order valence-corrected chi connectivity index (χ4v) is 4.05. The van der Waals surface area contributed by atoms with Gasteiger partial charge in [0.05, 0.1) is 18.5 Å². The Hall–Kier alpha value is -3.20. The van der Waals surface area contributed by atoms with E-state index < -0.39 is 15.9 Å². The number of rotatable bonds is 8. The van der Waals surface area contributed by atoms with Crippen LogP contribution in [-0.2, 0) is 21.4 Å². The SMILES string of the molecule is Cc1cccc(-c2noc(CNC(=O)CN(c3ccccc3C(C)C)S(C)(=O)=O)n2)c1. The summed E-state index contributed by atoms with van der Waals surface area (Å²) in [5, 5.41) is 6.60. The highest BCUT2D eigenvalue weighted by atomic mass is 32.2. The van der Waals surface area contributed by atoms with Gasteiger partial charge in [0.15, 0.2) is 0 Å². The molecule has 0 atom stereocenters. The van der Waals surface area contributed by atoms with Crippen LogP contribution in [0.3, 0.4) is 0 Å². The maximum absolute atomic E-state index is 12.5. The van der Waals surface area contributed by atoms with Gasteiger partial charge in [0, 0.05) is 5.56 Å². The van der Waals surface area contributed by atoms with Gasteiger partial charge in [-0.1, -0.05) is 61.0 Å². The first-order chi connectivity index (χ1) is 14.6. The maximum atomic E-state index is 12.5. The number of hydrogen-bond donors (Lipinski definition) is 1. The van der Waals surface area contributed by atoms with Crippen molar-refractivity contribution in [2.45, 2.75) is 33.2 Å². The monoisotopic (exact) mass is 442 g/mol. The molecule has 0 aliphatic heterocycles. The van der Waals surface area contributed by atoms with Gasteiger partial charge >= 0.3 is 0 Å². The number of nitrogens with one attached hydrogen (secondary N) is 1. The zero-order valence-corrected chi connectivity index (χ0v) is 18.8. The second kappa shape index (κ2) is 9.30. The van der Waals surface area contributed by atoms with Crippen molar-refractivity contribution in [1.82, 2.24) is 15.5 Å². The zero-order chi connectivity index (χ0) is 22.6. The molecule has 1 heterocycles. The Kier molecular flexibility index (Phi) is 6.74. The molecule has 0 aliphatic rings. The predicted octanol–water partition coefficient (Wildman–Crippen LogP) is 3.25. The molecule has 1 amide bonds. The summed E-state index contributed by atoms with van der Waals surface area (Å²) in [5.74, 6) is 0.288. The van der Waals surface area contributed by atoms with Gasteiger partial charge in [-0.2, -0.15) is 4.98 Å². The van der Waals surface area contributed by atoms with Gasteiger partial charge < -0.3 is 9.84 Å². The lowest BCUT2D eigenvalue weighted by Gasteiger charge is -2.25. The molecular formula is C22H26N4O4S. The molecule has 0 radical (unpaired) electrons. The second-order valence-electron chi connectivity index (χ2n) is 7.64. The van der Waals surface area contributed by atoms with Crippen LogP contribution in [0.1, 0.15) is 36.8 Å². The fraction of sp³-hybridized carbons (Fsp3) is 0.318. The van der Waals surface area contributed by atoms with E-state index in [1.165, 1.54) is 0 Å². The number of hydrogen-bond acceptors (Lipinski definition) is 6. The van der Waals surface area contributed by atoms with E-state index in [9.17, 15) is 13.2 Å². The number of benzene rings is 2. The van der Waals surface area contributed by atoms with E-state index in [0.29, 0.717) is 11.5 Å². The highest BCUT2D eigenvalue weighted by molar-refractivity contribution is 7.92. The summed E-state index contributed by atoms with van der Waals surface area (Å²) in [5.41, 5.74) is 3.23. The zero-order valence-electron chi connectivity index (χ0n) is 18.0. The molecule has 2 aromatic carbocycles. The van der Waals surface area contributed by atoms with Gasteiger partial charge in [0.1, 0.15) is 6.54 Å². The lowest BCUT2D eigenvalue weighted by Crippen LogP contribution is -2.40. The van der Waals surface area contributed by atoms with E-state index in [-0.39, 0.29) is 24.9 Å². The molecule has 3 aromatic rings. The summed E-state index contributed by atoms with van der Waals surface area (Å²) >= 11 is 0. The van der Waals surface area contributed by atoms with Crippen molar-refractivity contribution in [3.05, 3.63) is 65.5 Å². The molecule has 8 nitrogen and oxygen atoms in total. The van der Waals surface area contributed by atoms with Crippen LogP contribution in [0.4, 0.5) is 5.69 Å². The highest BCUT2D eigenvalue weighted by Crippen LogP contribution is 2.28. The molecule has 0 saturated carbocycles. The summed E-state index contributed by atoms with van der Waals surface area (Å²) in [4.78, 5) is 16.8. The molecule has 9 heteroatoms. The number of aryl methyl sites for hydroxylation is 1. The van der Waals surface area contributed by atoms with Crippen molar-refractivity contribution in [2.75, 3.05) is 17.1 Å². The Morgan fingerprint density at radius 1 is 1.16 bits per heavy atom. The third-order valence-corrected chi connectivity index (χ3v) is 5.82. The minimum absolute atomic E-state index is 0.00107. The van der Waals surface area contributed by atoms with Crippen molar-refractivity contribution >= 4 is 21.6 Å². The van der Waals surface area contributed by atoms with Crippen LogP contribution in [0.15, 0.2) is 53.1 Å².